The maximum Gasteiger partial charge on any atom is 0.409 e. The maximum absolute atomic E-state index is 14.0. The van der Waals surface area contributed by atoms with Crippen LogP contribution in [0.1, 0.15) is 58.8 Å². The number of hydrogen-bond donors (Lipinski definition) is 0. The fourth-order valence-electron chi connectivity index (χ4n) is 6.26. The zero-order chi connectivity index (χ0) is 20.6. The Morgan fingerprint density at radius 2 is 1.86 bits per heavy atom. The molecule has 0 radical (unpaired) electrons. The highest BCUT2D eigenvalue weighted by Crippen LogP contribution is 2.51. The van der Waals surface area contributed by atoms with Crippen LogP contribution in [0.25, 0.3) is 0 Å². The zero-order valence-electron chi connectivity index (χ0n) is 17.9. The normalized spacial score (nSPS) is 35.9. The first-order valence-electron chi connectivity index (χ1n) is 11.5. The van der Waals surface area contributed by atoms with E-state index in [-0.39, 0.29) is 18.0 Å². The average molecular weight is 410 g/mol. The Morgan fingerprint density at radius 1 is 1.14 bits per heavy atom. The summed E-state index contributed by atoms with van der Waals surface area (Å²) in [5.41, 5.74) is 0.297. The quantitative estimate of drug-likeness (QED) is 0.716. The predicted molar refractivity (Wildman–Crippen MR) is 108 cm³/mol. The van der Waals surface area contributed by atoms with Crippen LogP contribution in [0.3, 0.4) is 0 Å². The second-order valence-corrected chi connectivity index (χ2v) is 9.61. The Balaban J connectivity index is 1.24. The molecule has 7 heteroatoms. The van der Waals surface area contributed by atoms with Gasteiger partial charge in [0, 0.05) is 38.0 Å². The van der Waals surface area contributed by atoms with Gasteiger partial charge in [0.15, 0.2) is 0 Å². The molecule has 3 heterocycles. The fourth-order valence-corrected chi connectivity index (χ4v) is 6.26. The topological polar surface area (TPSA) is 53.1 Å². The summed E-state index contributed by atoms with van der Waals surface area (Å²) in [6.07, 6.45) is 5.52. The summed E-state index contributed by atoms with van der Waals surface area (Å²) in [4.78, 5) is 30.5. The SMILES string of the molecule is CCOC(=O)N1CCC2(CC(N3CCC(C4CC(F)CN4C(=O)CC)CC3)C2)C1. The van der Waals surface area contributed by atoms with Crippen molar-refractivity contribution in [2.75, 3.05) is 39.3 Å². The lowest BCUT2D eigenvalue weighted by Crippen LogP contribution is -2.55. The monoisotopic (exact) mass is 409 g/mol. The van der Waals surface area contributed by atoms with E-state index in [0.29, 0.717) is 43.4 Å². The Morgan fingerprint density at radius 3 is 2.52 bits per heavy atom. The molecule has 0 aromatic carbocycles. The molecule has 1 spiro atoms. The summed E-state index contributed by atoms with van der Waals surface area (Å²) in [5, 5.41) is 0. The van der Waals surface area contributed by atoms with Gasteiger partial charge in [-0.25, -0.2) is 9.18 Å². The van der Waals surface area contributed by atoms with E-state index in [1.54, 1.807) is 0 Å². The number of carbonyl (C=O) groups excluding carboxylic acids is 2. The van der Waals surface area contributed by atoms with Gasteiger partial charge in [0.05, 0.1) is 13.2 Å². The van der Waals surface area contributed by atoms with E-state index < -0.39 is 6.17 Å². The Bertz CT molecular complexity index is 616. The van der Waals surface area contributed by atoms with E-state index in [4.69, 9.17) is 4.74 Å². The number of nitrogens with zero attached hydrogens (tertiary/aromatic N) is 3. The van der Waals surface area contributed by atoms with Crippen LogP contribution < -0.4 is 0 Å². The third kappa shape index (κ3) is 4.12. The molecule has 3 aliphatic heterocycles. The van der Waals surface area contributed by atoms with Crippen LogP contribution >= 0.6 is 0 Å². The largest absolute Gasteiger partial charge is 0.450 e. The summed E-state index contributed by atoms with van der Waals surface area (Å²) >= 11 is 0. The van der Waals surface area contributed by atoms with E-state index in [1.165, 1.54) is 12.8 Å². The molecule has 4 aliphatic rings. The van der Waals surface area contributed by atoms with E-state index in [1.807, 2.05) is 23.6 Å². The van der Waals surface area contributed by atoms with Gasteiger partial charge < -0.3 is 19.4 Å². The van der Waals surface area contributed by atoms with Crippen molar-refractivity contribution in [3.8, 4) is 0 Å². The number of ether oxygens (including phenoxy) is 1. The molecule has 1 aliphatic carbocycles. The highest BCUT2D eigenvalue weighted by atomic mass is 19.1. The van der Waals surface area contributed by atoms with Gasteiger partial charge in [0.1, 0.15) is 6.17 Å². The second kappa shape index (κ2) is 8.40. The van der Waals surface area contributed by atoms with Crippen LogP contribution in [0.4, 0.5) is 9.18 Å². The molecule has 0 aromatic rings. The van der Waals surface area contributed by atoms with E-state index in [9.17, 15) is 14.0 Å². The number of carbonyl (C=O) groups is 2. The Hall–Kier alpha value is -1.37. The average Bonchev–Trinajstić information content (AvgIpc) is 3.31. The summed E-state index contributed by atoms with van der Waals surface area (Å²) in [6, 6.07) is 0.712. The zero-order valence-corrected chi connectivity index (χ0v) is 17.9. The molecule has 6 nitrogen and oxygen atoms in total. The minimum Gasteiger partial charge on any atom is -0.450 e. The van der Waals surface area contributed by atoms with Crippen LogP contribution in [0.5, 0.6) is 0 Å². The van der Waals surface area contributed by atoms with Gasteiger partial charge in [-0.15, -0.1) is 0 Å². The van der Waals surface area contributed by atoms with Crippen LogP contribution in [0, 0.1) is 11.3 Å². The van der Waals surface area contributed by atoms with Gasteiger partial charge in [0.2, 0.25) is 5.91 Å². The highest BCUT2D eigenvalue weighted by molar-refractivity contribution is 5.76. The van der Waals surface area contributed by atoms with Crippen molar-refractivity contribution in [3.05, 3.63) is 0 Å². The molecule has 2 unspecified atom stereocenters. The van der Waals surface area contributed by atoms with Gasteiger partial charge in [-0.3, -0.25) is 4.79 Å². The third-order valence-corrected chi connectivity index (χ3v) is 7.85. The summed E-state index contributed by atoms with van der Waals surface area (Å²) in [5.74, 6) is 0.535. The number of alkyl halides is 1. The van der Waals surface area contributed by atoms with Gasteiger partial charge in [-0.2, -0.15) is 0 Å². The molecule has 2 amide bonds. The molecule has 0 bridgehead atoms. The number of likely N-dealkylation sites (tertiary alicyclic amines) is 3. The van der Waals surface area contributed by atoms with E-state index in [2.05, 4.69) is 4.90 Å². The number of rotatable bonds is 4. The van der Waals surface area contributed by atoms with Gasteiger partial charge in [-0.1, -0.05) is 6.92 Å². The molecule has 4 rings (SSSR count). The molecular formula is C22H36FN3O3. The van der Waals surface area contributed by atoms with Crippen LogP contribution in [-0.4, -0.2) is 84.3 Å². The summed E-state index contributed by atoms with van der Waals surface area (Å²) in [6.45, 7) is 8.21. The highest BCUT2D eigenvalue weighted by Gasteiger charge is 2.52. The van der Waals surface area contributed by atoms with Crippen molar-refractivity contribution < 1.29 is 18.7 Å². The fraction of sp³-hybridized carbons (Fsp3) is 0.909. The summed E-state index contributed by atoms with van der Waals surface area (Å²) < 4.78 is 19.2. The van der Waals surface area contributed by atoms with Crippen LogP contribution in [-0.2, 0) is 9.53 Å². The summed E-state index contributed by atoms with van der Waals surface area (Å²) in [7, 11) is 0. The van der Waals surface area contributed by atoms with Crippen LogP contribution in [0.15, 0.2) is 0 Å². The lowest BCUT2D eigenvalue weighted by molar-refractivity contribution is -0.133. The maximum atomic E-state index is 14.0. The first kappa shape index (κ1) is 20.9. The van der Waals surface area contributed by atoms with Gasteiger partial charge >= 0.3 is 6.09 Å². The first-order chi connectivity index (χ1) is 13.9. The third-order valence-electron chi connectivity index (χ3n) is 7.85. The van der Waals surface area contributed by atoms with Crippen LogP contribution in [0.2, 0.25) is 0 Å². The van der Waals surface area contributed by atoms with Crippen molar-refractivity contribution >= 4 is 12.0 Å². The predicted octanol–water partition coefficient (Wildman–Crippen LogP) is 3.06. The first-order valence-corrected chi connectivity index (χ1v) is 11.5. The van der Waals surface area contributed by atoms with E-state index in [0.717, 1.165) is 45.4 Å². The van der Waals surface area contributed by atoms with Crippen molar-refractivity contribution in [3.63, 3.8) is 0 Å². The molecule has 3 saturated heterocycles. The van der Waals surface area contributed by atoms with Gasteiger partial charge in [-0.05, 0) is 63.5 Å². The number of halogens is 1. The minimum atomic E-state index is -0.857. The molecule has 0 N–H and O–H groups in total. The smallest absolute Gasteiger partial charge is 0.409 e. The Labute approximate surface area is 173 Å². The molecule has 0 aromatic heterocycles. The van der Waals surface area contributed by atoms with Crippen molar-refractivity contribution in [1.29, 1.82) is 0 Å². The second-order valence-electron chi connectivity index (χ2n) is 9.61. The molecule has 4 fully saturated rings. The number of piperidine rings is 1. The van der Waals surface area contributed by atoms with Crippen molar-refractivity contribution in [2.45, 2.75) is 77.0 Å². The molecule has 29 heavy (non-hydrogen) atoms. The van der Waals surface area contributed by atoms with Crippen molar-refractivity contribution in [1.82, 2.24) is 14.7 Å². The van der Waals surface area contributed by atoms with E-state index >= 15 is 0 Å². The molecule has 164 valence electrons. The van der Waals surface area contributed by atoms with Crippen molar-refractivity contribution in [2.24, 2.45) is 11.3 Å². The standard InChI is InChI=1S/C22H36FN3O3/c1-3-20(27)26-14-17(23)11-19(26)16-5-8-24(9-6-16)18-12-22(13-18)7-10-25(15-22)21(28)29-4-2/h16-19H,3-15H2,1-2H3. The molecule has 2 atom stereocenters. The molecule has 1 saturated carbocycles. The lowest BCUT2D eigenvalue weighted by Gasteiger charge is -2.52. The lowest BCUT2D eigenvalue weighted by atomic mass is 9.64. The Kier molecular flexibility index (Phi) is 6.05. The van der Waals surface area contributed by atoms with Gasteiger partial charge in [0.25, 0.3) is 0 Å². The number of hydrogen-bond acceptors (Lipinski definition) is 4. The number of amides is 2. The molecular weight excluding hydrogens is 373 g/mol. The minimum absolute atomic E-state index is 0.0975.